The van der Waals surface area contributed by atoms with Crippen molar-refractivity contribution in [1.29, 1.82) is 0 Å². The fraction of sp³-hybridized carbons (Fsp3) is 0.625. The normalized spacial score (nSPS) is 23.9. The molecule has 0 radical (unpaired) electrons. The summed E-state index contributed by atoms with van der Waals surface area (Å²) in [5.74, 6) is 0.955. The van der Waals surface area contributed by atoms with Crippen LogP contribution in [0.2, 0.25) is 0 Å². The Morgan fingerprint density at radius 2 is 2.00 bits per heavy atom. The third kappa shape index (κ3) is 3.72. The monoisotopic (exact) mass is 276 g/mol. The van der Waals surface area contributed by atoms with E-state index in [-0.39, 0.29) is 6.10 Å². The van der Waals surface area contributed by atoms with E-state index in [0.717, 1.165) is 38.6 Å². The average molecular weight is 276 g/mol. The lowest BCUT2D eigenvalue weighted by Crippen LogP contribution is -2.33. The van der Waals surface area contributed by atoms with E-state index in [1.165, 1.54) is 31.5 Å². The number of morpholine rings is 1. The van der Waals surface area contributed by atoms with Crippen molar-refractivity contribution in [3.8, 4) is 5.75 Å². The fourth-order valence-electron chi connectivity index (χ4n) is 2.86. The van der Waals surface area contributed by atoms with Gasteiger partial charge in [0, 0.05) is 19.6 Å². The van der Waals surface area contributed by atoms with Crippen LogP contribution in [0, 0.1) is 0 Å². The van der Waals surface area contributed by atoms with Crippen LogP contribution in [0.4, 0.5) is 0 Å². The van der Waals surface area contributed by atoms with Gasteiger partial charge >= 0.3 is 0 Å². The van der Waals surface area contributed by atoms with Crippen LogP contribution < -0.4 is 10.1 Å². The average Bonchev–Trinajstić information content (AvgIpc) is 3.02. The van der Waals surface area contributed by atoms with Crippen molar-refractivity contribution in [2.45, 2.75) is 18.9 Å². The van der Waals surface area contributed by atoms with E-state index in [2.05, 4.69) is 34.5 Å². The Labute approximate surface area is 121 Å². The number of nitrogens with one attached hydrogen (secondary N) is 1. The molecule has 110 valence electrons. The van der Waals surface area contributed by atoms with Crippen molar-refractivity contribution in [3.05, 3.63) is 29.8 Å². The van der Waals surface area contributed by atoms with Gasteiger partial charge in [-0.05, 0) is 43.6 Å². The molecule has 0 bridgehead atoms. The molecule has 0 spiro atoms. The lowest BCUT2D eigenvalue weighted by atomic mass is 10.1. The maximum Gasteiger partial charge on any atom is 0.119 e. The molecule has 2 aliphatic rings. The third-order valence-corrected chi connectivity index (χ3v) is 4.05. The maximum absolute atomic E-state index is 5.81. The van der Waals surface area contributed by atoms with Gasteiger partial charge in [0.05, 0.1) is 12.7 Å². The van der Waals surface area contributed by atoms with Crippen molar-refractivity contribution in [3.63, 3.8) is 0 Å². The fourth-order valence-corrected chi connectivity index (χ4v) is 2.86. The molecule has 0 amide bonds. The zero-order chi connectivity index (χ0) is 13.6. The van der Waals surface area contributed by atoms with Crippen LogP contribution in [0.1, 0.15) is 24.5 Å². The number of rotatable bonds is 5. The van der Waals surface area contributed by atoms with Crippen molar-refractivity contribution in [2.24, 2.45) is 0 Å². The summed E-state index contributed by atoms with van der Waals surface area (Å²) in [4.78, 5) is 2.47. The van der Waals surface area contributed by atoms with Gasteiger partial charge in [-0.25, -0.2) is 0 Å². The zero-order valence-corrected chi connectivity index (χ0v) is 12.0. The van der Waals surface area contributed by atoms with E-state index in [4.69, 9.17) is 9.47 Å². The lowest BCUT2D eigenvalue weighted by molar-refractivity contribution is 0.0277. The van der Waals surface area contributed by atoms with Crippen LogP contribution in [0.3, 0.4) is 0 Å². The van der Waals surface area contributed by atoms with Crippen LogP contribution in [0.15, 0.2) is 24.3 Å². The second kappa shape index (κ2) is 7.07. The quantitative estimate of drug-likeness (QED) is 0.889. The Balaban J connectivity index is 1.45. The molecule has 3 rings (SSSR count). The van der Waals surface area contributed by atoms with Crippen molar-refractivity contribution >= 4 is 0 Å². The number of hydrogen-bond acceptors (Lipinski definition) is 4. The molecule has 0 saturated carbocycles. The van der Waals surface area contributed by atoms with Crippen molar-refractivity contribution < 1.29 is 9.47 Å². The summed E-state index contributed by atoms with van der Waals surface area (Å²) < 4.78 is 11.6. The summed E-state index contributed by atoms with van der Waals surface area (Å²) in [7, 11) is 0. The molecule has 1 atom stereocenters. The van der Waals surface area contributed by atoms with Crippen LogP contribution in [-0.2, 0) is 4.74 Å². The minimum absolute atomic E-state index is 0.183. The lowest BCUT2D eigenvalue weighted by Gasteiger charge is -2.24. The second-order valence-electron chi connectivity index (χ2n) is 5.53. The molecule has 2 saturated heterocycles. The van der Waals surface area contributed by atoms with E-state index in [0.29, 0.717) is 0 Å². The summed E-state index contributed by atoms with van der Waals surface area (Å²) in [5, 5.41) is 3.35. The highest BCUT2D eigenvalue weighted by molar-refractivity contribution is 5.29. The minimum atomic E-state index is 0.183. The first kappa shape index (κ1) is 13.9. The van der Waals surface area contributed by atoms with Gasteiger partial charge in [-0.1, -0.05) is 12.1 Å². The van der Waals surface area contributed by atoms with Crippen LogP contribution in [0.5, 0.6) is 5.75 Å². The molecule has 1 aromatic rings. The molecular formula is C16H24N2O2. The Morgan fingerprint density at radius 1 is 1.20 bits per heavy atom. The first-order valence-electron chi connectivity index (χ1n) is 7.69. The summed E-state index contributed by atoms with van der Waals surface area (Å²) in [6.07, 6.45) is 2.86. The van der Waals surface area contributed by atoms with Gasteiger partial charge in [0.15, 0.2) is 0 Å². The van der Waals surface area contributed by atoms with Crippen molar-refractivity contribution in [2.75, 3.05) is 45.9 Å². The maximum atomic E-state index is 5.81. The Kier molecular flexibility index (Phi) is 4.90. The number of ether oxygens (including phenoxy) is 2. The van der Waals surface area contributed by atoms with Gasteiger partial charge < -0.3 is 14.8 Å². The first-order valence-corrected chi connectivity index (χ1v) is 7.69. The molecule has 4 heteroatoms. The molecule has 2 aliphatic heterocycles. The van der Waals surface area contributed by atoms with Gasteiger partial charge in [-0.2, -0.15) is 0 Å². The SMILES string of the molecule is c1cc([C@H]2CNCCO2)ccc1OCCN1CCCC1. The van der Waals surface area contributed by atoms with Crippen LogP contribution in [0.25, 0.3) is 0 Å². The molecule has 0 aromatic heterocycles. The highest BCUT2D eigenvalue weighted by atomic mass is 16.5. The second-order valence-corrected chi connectivity index (χ2v) is 5.53. The summed E-state index contributed by atoms with van der Waals surface area (Å²) in [6, 6.07) is 8.33. The minimum Gasteiger partial charge on any atom is -0.492 e. The van der Waals surface area contributed by atoms with E-state index >= 15 is 0 Å². The number of benzene rings is 1. The molecule has 2 heterocycles. The van der Waals surface area contributed by atoms with E-state index < -0.39 is 0 Å². The molecule has 0 unspecified atom stereocenters. The summed E-state index contributed by atoms with van der Waals surface area (Å²) in [6.45, 7) is 6.92. The molecular weight excluding hydrogens is 252 g/mol. The highest BCUT2D eigenvalue weighted by Crippen LogP contribution is 2.21. The van der Waals surface area contributed by atoms with Gasteiger partial charge in [-0.15, -0.1) is 0 Å². The van der Waals surface area contributed by atoms with E-state index in [1.807, 2.05) is 0 Å². The summed E-state index contributed by atoms with van der Waals surface area (Å²) in [5.41, 5.74) is 1.23. The number of nitrogens with zero attached hydrogens (tertiary/aromatic N) is 1. The molecule has 1 aromatic carbocycles. The largest absolute Gasteiger partial charge is 0.492 e. The molecule has 0 aliphatic carbocycles. The molecule has 4 nitrogen and oxygen atoms in total. The van der Waals surface area contributed by atoms with Crippen molar-refractivity contribution in [1.82, 2.24) is 10.2 Å². The van der Waals surface area contributed by atoms with E-state index in [9.17, 15) is 0 Å². The molecule has 20 heavy (non-hydrogen) atoms. The van der Waals surface area contributed by atoms with Gasteiger partial charge in [0.25, 0.3) is 0 Å². The number of hydrogen-bond donors (Lipinski definition) is 1. The topological polar surface area (TPSA) is 33.7 Å². The summed E-state index contributed by atoms with van der Waals surface area (Å²) >= 11 is 0. The van der Waals surface area contributed by atoms with Crippen LogP contribution in [-0.4, -0.2) is 50.8 Å². The van der Waals surface area contributed by atoms with Crippen LogP contribution >= 0.6 is 0 Å². The standard InChI is InChI=1S/C16H24N2O2/c1-2-9-18(8-1)10-12-19-15-5-3-14(4-6-15)16-13-17-7-11-20-16/h3-6,16-17H,1-2,7-13H2/t16-/m1/s1. The van der Waals surface area contributed by atoms with Gasteiger partial charge in [-0.3, -0.25) is 4.90 Å². The Hall–Kier alpha value is -1.10. The third-order valence-electron chi connectivity index (χ3n) is 4.05. The molecule has 2 fully saturated rings. The zero-order valence-electron chi connectivity index (χ0n) is 12.0. The van der Waals surface area contributed by atoms with E-state index in [1.54, 1.807) is 0 Å². The Bertz CT molecular complexity index is 395. The highest BCUT2D eigenvalue weighted by Gasteiger charge is 2.15. The van der Waals surface area contributed by atoms with Gasteiger partial charge in [0.2, 0.25) is 0 Å². The smallest absolute Gasteiger partial charge is 0.119 e. The predicted octanol–water partition coefficient (Wildman–Crippen LogP) is 1.82. The van der Waals surface area contributed by atoms with Gasteiger partial charge in [0.1, 0.15) is 12.4 Å². The first-order chi connectivity index (χ1) is 9.92. The Morgan fingerprint density at radius 3 is 2.70 bits per heavy atom. The molecule has 1 N–H and O–H groups in total. The number of likely N-dealkylation sites (tertiary alicyclic amines) is 1. The predicted molar refractivity (Wildman–Crippen MR) is 79.2 cm³/mol.